The van der Waals surface area contributed by atoms with Crippen molar-refractivity contribution in [2.24, 2.45) is 7.05 Å². The zero-order valence-corrected chi connectivity index (χ0v) is 7.91. The first kappa shape index (κ1) is 8.47. The molecule has 1 aromatic carbocycles. The Morgan fingerprint density at radius 3 is 2.85 bits per heavy atom. The molecule has 68 valence electrons. The highest BCUT2D eigenvalue weighted by atomic mass is 32.2. The predicted octanol–water partition coefficient (Wildman–Crippen LogP) is 1.76. The molecule has 0 amide bonds. The van der Waals surface area contributed by atoms with E-state index >= 15 is 0 Å². The highest BCUT2D eigenvalue weighted by molar-refractivity contribution is 7.79. The van der Waals surface area contributed by atoms with Crippen LogP contribution in [0.4, 0.5) is 0 Å². The lowest BCUT2D eigenvalue weighted by atomic mass is 10.2. The zero-order valence-electron chi connectivity index (χ0n) is 7.10. The summed E-state index contributed by atoms with van der Waals surface area (Å²) in [6.07, 6.45) is 1.93. The number of aromatic nitrogens is 1. The molecular formula is C9H9NO2S. The third-order valence-corrected chi connectivity index (χ3v) is 2.72. The van der Waals surface area contributed by atoms with E-state index in [-0.39, 0.29) is 0 Å². The van der Waals surface area contributed by atoms with Gasteiger partial charge >= 0.3 is 0 Å². The number of nitrogens with zero attached hydrogens (tertiary/aromatic N) is 1. The van der Waals surface area contributed by atoms with E-state index in [0.29, 0.717) is 4.90 Å². The van der Waals surface area contributed by atoms with Crippen LogP contribution in [0.15, 0.2) is 35.4 Å². The Balaban J connectivity index is 2.70. The fraction of sp³-hybridized carbons (Fsp3) is 0.111. The number of aryl methyl sites for hydroxylation is 1. The molecule has 0 bridgehead atoms. The fourth-order valence-corrected chi connectivity index (χ4v) is 1.78. The minimum Gasteiger partial charge on any atom is -0.351 e. The van der Waals surface area contributed by atoms with E-state index in [2.05, 4.69) is 0 Å². The molecule has 1 aromatic heterocycles. The Hall–Kier alpha value is -1.13. The maximum atomic E-state index is 10.8. The van der Waals surface area contributed by atoms with Crippen molar-refractivity contribution in [1.29, 1.82) is 0 Å². The molecule has 0 spiro atoms. The van der Waals surface area contributed by atoms with Gasteiger partial charge in [0.15, 0.2) is 11.1 Å². The normalized spacial score (nSPS) is 13.4. The molecule has 0 saturated carbocycles. The average Bonchev–Trinajstić information content (AvgIpc) is 2.47. The van der Waals surface area contributed by atoms with E-state index in [1.54, 1.807) is 12.1 Å². The van der Waals surface area contributed by atoms with Crippen LogP contribution in [0.1, 0.15) is 0 Å². The van der Waals surface area contributed by atoms with Gasteiger partial charge in [-0.3, -0.25) is 0 Å². The second kappa shape index (κ2) is 2.97. The number of fused-ring (bicyclic) bond motifs is 1. The van der Waals surface area contributed by atoms with E-state index in [1.807, 2.05) is 29.9 Å². The van der Waals surface area contributed by atoms with E-state index in [4.69, 9.17) is 4.55 Å². The first-order valence-electron chi connectivity index (χ1n) is 3.84. The van der Waals surface area contributed by atoms with Gasteiger partial charge in [0, 0.05) is 24.1 Å². The summed E-state index contributed by atoms with van der Waals surface area (Å²) < 4.78 is 21.6. The maximum Gasteiger partial charge on any atom is 0.186 e. The van der Waals surface area contributed by atoms with Gasteiger partial charge in [-0.15, -0.1) is 0 Å². The van der Waals surface area contributed by atoms with E-state index in [0.717, 1.165) is 10.9 Å². The molecule has 1 N–H and O–H groups in total. The smallest absolute Gasteiger partial charge is 0.186 e. The van der Waals surface area contributed by atoms with Gasteiger partial charge in [0.05, 0.1) is 4.90 Å². The van der Waals surface area contributed by atoms with E-state index in [9.17, 15) is 4.21 Å². The van der Waals surface area contributed by atoms with Crippen LogP contribution >= 0.6 is 0 Å². The third-order valence-electron chi connectivity index (χ3n) is 2.06. The predicted molar refractivity (Wildman–Crippen MR) is 52.0 cm³/mol. The Kier molecular flexibility index (Phi) is 1.94. The molecular weight excluding hydrogens is 186 g/mol. The van der Waals surface area contributed by atoms with Crippen molar-refractivity contribution in [2.75, 3.05) is 0 Å². The molecule has 1 atom stereocenters. The van der Waals surface area contributed by atoms with Crippen molar-refractivity contribution in [2.45, 2.75) is 4.90 Å². The Bertz CT molecular complexity index is 475. The molecule has 0 saturated heterocycles. The largest absolute Gasteiger partial charge is 0.351 e. The van der Waals surface area contributed by atoms with Gasteiger partial charge in [-0.2, -0.15) is 0 Å². The molecule has 13 heavy (non-hydrogen) atoms. The molecule has 1 heterocycles. The molecule has 0 fully saturated rings. The molecule has 2 aromatic rings. The van der Waals surface area contributed by atoms with Crippen molar-refractivity contribution in [3.8, 4) is 0 Å². The van der Waals surface area contributed by atoms with Crippen molar-refractivity contribution < 1.29 is 8.76 Å². The summed E-state index contributed by atoms with van der Waals surface area (Å²) in [5.74, 6) is 0. The van der Waals surface area contributed by atoms with Gasteiger partial charge in [-0.25, -0.2) is 4.21 Å². The lowest BCUT2D eigenvalue weighted by Crippen LogP contribution is -1.88. The molecule has 0 radical (unpaired) electrons. The van der Waals surface area contributed by atoms with Crippen LogP contribution in [-0.4, -0.2) is 13.3 Å². The van der Waals surface area contributed by atoms with Crippen molar-refractivity contribution in [3.63, 3.8) is 0 Å². The van der Waals surface area contributed by atoms with Crippen LogP contribution < -0.4 is 0 Å². The Morgan fingerprint density at radius 1 is 1.38 bits per heavy atom. The van der Waals surface area contributed by atoms with Crippen LogP contribution in [0.5, 0.6) is 0 Å². The summed E-state index contributed by atoms with van der Waals surface area (Å²) >= 11 is -1.88. The highest BCUT2D eigenvalue weighted by Crippen LogP contribution is 2.17. The zero-order chi connectivity index (χ0) is 9.42. The summed E-state index contributed by atoms with van der Waals surface area (Å²) in [4.78, 5) is 0.443. The first-order chi connectivity index (χ1) is 6.18. The van der Waals surface area contributed by atoms with Crippen molar-refractivity contribution in [3.05, 3.63) is 30.5 Å². The minimum absolute atomic E-state index is 0.443. The summed E-state index contributed by atoms with van der Waals surface area (Å²) in [5.41, 5.74) is 1.06. The third kappa shape index (κ3) is 1.38. The van der Waals surface area contributed by atoms with Crippen LogP contribution in [0.25, 0.3) is 10.9 Å². The number of hydrogen-bond donors (Lipinski definition) is 1. The second-order valence-corrected chi connectivity index (χ2v) is 3.87. The second-order valence-electron chi connectivity index (χ2n) is 2.90. The summed E-state index contributed by atoms with van der Waals surface area (Å²) in [6, 6.07) is 7.16. The van der Waals surface area contributed by atoms with Gasteiger partial charge in [0.1, 0.15) is 0 Å². The van der Waals surface area contributed by atoms with Crippen LogP contribution in [-0.2, 0) is 18.1 Å². The number of hydrogen-bond acceptors (Lipinski definition) is 1. The molecule has 3 nitrogen and oxygen atoms in total. The summed E-state index contributed by atoms with van der Waals surface area (Å²) in [5, 5.41) is 0.988. The quantitative estimate of drug-likeness (QED) is 0.704. The van der Waals surface area contributed by atoms with Crippen LogP contribution in [0, 0.1) is 0 Å². The summed E-state index contributed by atoms with van der Waals surface area (Å²) in [7, 11) is 1.94. The Morgan fingerprint density at radius 2 is 2.15 bits per heavy atom. The fourth-order valence-electron chi connectivity index (χ4n) is 1.37. The van der Waals surface area contributed by atoms with Crippen molar-refractivity contribution >= 4 is 22.0 Å². The van der Waals surface area contributed by atoms with Crippen LogP contribution in [0.2, 0.25) is 0 Å². The van der Waals surface area contributed by atoms with Gasteiger partial charge in [0.25, 0.3) is 0 Å². The molecule has 0 aliphatic carbocycles. The van der Waals surface area contributed by atoms with E-state index < -0.39 is 11.1 Å². The summed E-state index contributed by atoms with van der Waals surface area (Å²) in [6.45, 7) is 0. The lowest BCUT2D eigenvalue weighted by Gasteiger charge is -1.97. The molecule has 1 unspecified atom stereocenters. The first-order valence-corrected chi connectivity index (χ1v) is 4.95. The maximum absolute atomic E-state index is 10.8. The Labute approximate surface area is 78.3 Å². The molecule has 2 rings (SSSR count). The van der Waals surface area contributed by atoms with Gasteiger partial charge < -0.3 is 9.12 Å². The highest BCUT2D eigenvalue weighted by Gasteiger charge is 2.02. The topological polar surface area (TPSA) is 42.2 Å². The van der Waals surface area contributed by atoms with E-state index in [1.165, 1.54) is 0 Å². The van der Waals surface area contributed by atoms with Gasteiger partial charge in [0.2, 0.25) is 0 Å². The SMILES string of the molecule is Cn1ccc2cc(S(=O)O)ccc21. The standard InChI is InChI=1S/C9H9NO2S/c1-10-5-4-7-6-8(13(11)12)2-3-9(7)10/h2-6H,1H3,(H,11,12). The number of benzene rings is 1. The van der Waals surface area contributed by atoms with Gasteiger partial charge in [-0.1, -0.05) is 0 Å². The number of rotatable bonds is 1. The molecule has 0 aliphatic rings. The molecule has 4 heteroatoms. The molecule has 0 aliphatic heterocycles. The lowest BCUT2D eigenvalue weighted by molar-refractivity contribution is 0.564. The van der Waals surface area contributed by atoms with Crippen molar-refractivity contribution in [1.82, 2.24) is 4.57 Å². The van der Waals surface area contributed by atoms with Gasteiger partial charge in [-0.05, 0) is 24.3 Å². The average molecular weight is 195 g/mol. The minimum atomic E-state index is -1.88. The monoisotopic (exact) mass is 195 g/mol. The van der Waals surface area contributed by atoms with Crippen LogP contribution in [0.3, 0.4) is 0 Å².